The topological polar surface area (TPSA) is 60.7 Å². The predicted octanol–water partition coefficient (Wildman–Crippen LogP) is 0.303. The summed E-state index contributed by atoms with van der Waals surface area (Å²) < 4.78 is 0. The highest BCUT2D eigenvalue weighted by Gasteiger charge is 2.49. The van der Waals surface area contributed by atoms with Crippen LogP contribution in [0.1, 0.15) is 20.8 Å². The number of rotatable bonds is 3. The Morgan fingerprint density at radius 3 is 2.31 bits per heavy atom. The summed E-state index contributed by atoms with van der Waals surface area (Å²) in [6.45, 7) is 5.00. The van der Waals surface area contributed by atoms with E-state index in [2.05, 4.69) is 0 Å². The van der Waals surface area contributed by atoms with E-state index < -0.39 is 17.1 Å². The van der Waals surface area contributed by atoms with E-state index in [4.69, 9.17) is 5.11 Å². The number of aliphatic hydroxyl groups excluding tert-OH is 2. The molecule has 3 N–H and O–H groups in total. The smallest absolute Gasteiger partial charge is 0.0865 e. The second-order valence-electron chi connectivity index (χ2n) is 4.55. The van der Waals surface area contributed by atoms with Crippen molar-refractivity contribution in [1.82, 2.24) is 0 Å². The number of aliphatic hydroxyl groups is 3. The van der Waals surface area contributed by atoms with E-state index in [9.17, 15) is 10.2 Å². The Bertz CT molecular complexity index is 217. The van der Waals surface area contributed by atoms with Crippen LogP contribution in [0.5, 0.6) is 0 Å². The average Bonchev–Trinajstić information content (AvgIpc) is 1.96. The summed E-state index contributed by atoms with van der Waals surface area (Å²) in [5.41, 5.74) is -1.34. The zero-order chi connectivity index (χ0) is 10.3. The molecule has 0 radical (unpaired) electrons. The molecule has 0 amide bonds. The van der Waals surface area contributed by atoms with Gasteiger partial charge in [0.05, 0.1) is 18.3 Å². The van der Waals surface area contributed by atoms with E-state index in [1.54, 1.807) is 13.8 Å². The molecule has 1 aliphatic carbocycles. The highest BCUT2D eigenvalue weighted by molar-refractivity contribution is 5.23. The van der Waals surface area contributed by atoms with Gasteiger partial charge in [0.15, 0.2) is 0 Å². The zero-order valence-corrected chi connectivity index (χ0v) is 8.36. The van der Waals surface area contributed by atoms with Crippen molar-refractivity contribution in [2.75, 3.05) is 6.61 Å². The van der Waals surface area contributed by atoms with Gasteiger partial charge in [0.1, 0.15) is 0 Å². The van der Waals surface area contributed by atoms with Crippen LogP contribution in [0.15, 0.2) is 12.2 Å². The molecule has 1 rings (SSSR count). The SMILES string of the molecule is CC(C)(O)[C@@H]1C=C[C@]1(C)[C@H](O)CO. The van der Waals surface area contributed by atoms with Crippen LogP contribution < -0.4 is 0 Å². The quantitative estimate of drug-likeness (QED) is 0.556. The molecule has 0 aromatic carbocycles. The molecule has 0 heterocycles. The molecule has 3 atom stereocenters. The maximum Gasteiger partial charge on any atom is 0.0865 e. The molecule has 76 valence electrons. The first-order valence-corrected chi connectivity index (χ1v) is 4.53. The van der Waals surface area contributed by atoms with Crippen LogP contribution >= 0.6 is 0 Å². The lowest BCUT2D eigenvalue weighted by Crippen LogP contribution is -2.52. The van der Waals surface area contributed by atoms with E-state index in [1.807, 2.05) is 19.1 Å². The summed E-state index contributed by atoms with van der Waals surface area (Å²) in [5.74, 6) is -0.0952. The van der Waals surface area contributed by atoms with Crippen LogP contribution in [-0.4, -0.2) is 33.6 Å². The fraction of sp³-hybridized carbons (Fsp3) is 0.800. The summed E-state index contributed by atoms with van der Waals surface area (Å²) >= 11 is 0. The molecule has 0 fully saturated rings. The van der Waals surface area contributed by atoms with Crippen LogP contribution in [-0.2, 0) is 0 Å². The lowest BCUT2D eigenvalue weighted by molar-refractivity contribution is -0.0823. The third kappa shape index (κ3) is 1.64. The minimum absolute atomic E-state index is 0.0952. The summed E-state index contributed by atoms with van der Waals surface area (Å²) in [7, 11) is 0. The zero-order valence-electron chi connectivity index (χ0n) is 8.36. The molecular weight excluding hydrogens is 168 g/mol. The Labute approximate surface area is 78.7 Å². The lowest BCUT2D eigenvalue weighted by Gasteiger charge is -2.48. The van der Waals surface area contributed by atoms with Gasteiger partial charge in [-0.15, -0.1) is 0 Å². The molecule has 0 spiro atoms. The van der Waals surface area contributed by atoms with Crippen molar-refractivity contribution in [3.63, 3.8) is 0 Å². The molecule has 0 unspecified atom stereocenters. The molecule has 0 aliphatic heterocycles. The average molecular weight is 186 g/mol. The van der Waals surface area contributed by atoms with Gasteiger partial charge < -0.3 is 15.3 Å². The van der Waals surface area contributed by atoms with E-state index in [1.165, 1.54) is 0 Å². The fourth-order valence-corrected chi connectivity index (χ4v) is 2.01. The number of hydrogen-bond donors (Lipinski definition) is 3. The summed E-state index contributed by atoms with van der Waals surface area (Å²) in [6.07, 6.45) is 2.92. The second-order valence-corrected chi connectivity index (χ2v) is 4.55. The molecule has 0 aromatic rings. The minimum Gasteiger partial charge on any atom is -0.394 e. The number of hydrogen-bond acceptors (Lipinski definition) is 3. The Morgan fingerprint density at radius 2 is 2.08 bits per heavy atom. The van der Waals surface area contributed by atoms with E-state index in [0.29, 0.717) is 0 Å². The summed E-state index contributed by atoms with van der Waals surface area (Å²) in [4.78, 5) is 0. The summed E-state index contributed by atoms with van der Waals surface area (Å²) in [5, 5.41) is 28.2. The van der Waals surface area contributed by atoms with Gasteiger partial charge in [-0.3, -0.25) is 0 Å². The van der Waals surface area contributed by atoms with Crippen molar-refractivity contribution in [3.05, 3.63) is 12.2 Å². The van der Waals surface area contributed by atoms with E-state index >= 15 is 0 Å². The van der Waals surface area contributed by atoms with Crippen LogP contribution in [0.2, 0.25) is 0 Å². The largest absolute Gasteiger partial charge is 0.394 e. The normalized spacial score (nSPS) is 35.7. The molecule has 1 aliphatic rings. The predicted molar refractivity (Wildman–Crippen MR) is 50.1 cm³/mol. The first-order valence-electron chi connectivity index (χ1n) is 4.53. The maximum absolute atomic E-state index is 9.77. The van der Waals surface area contributed by atoms with Crippen LogP contribution in [0.4, 0.5) is 0 Å². The third-order valence-electron chi connectivity index (χ3n) is 2.97. The monoisotopic (exact) mass is 186 g/mol. The highest BCUT2D eigenvalue weighted by Crippen LogP contribution is 2.47. The van der Waals surface area contributed by atoms with Crippen molar-refractivity contribution < 1.29 is 15.3 Å². The van der Waals surface area contributed by atoms with Crippen LogP contribution in [0.3, 0.4) is 0 Å². The molecule has 13 heavy (non-hydrogen) atoms. The van der Waals surface area contributed by atoms with Gasteiger partial charge in [-0.05, 0) is 13.8 Å². The van der Waals surface area contributed by atoms with Crippen molar-refractivity contribution >= 4 is 0 Å². The Hall–Kier alpha value is -0.380. The molecule has 0 bridgehead atoms. The molecule has 3 heteroatoms. The third-order valence-corrected chi connectivity index (χ3v) is 2.97. The van der Waals surface area contributed by atoms with E-state index in [0.717, 1.165) is 0 Å². The molecule has 3 nitrogen and oxygen atoms in total. The Morgan fingerprint density at radius 1 is 1.54 bits per heavy atom. The van der Waals surface area contributed by atoms with Crippen molar-refractivity contribution in [1.29, 1.82) is 0 Å². The lowest BCUT2D eigenvalue weighted by atomic mass is 9.59. The second kappa shape index (κ2) is 3.08. The standard InChI is InChI=1S/C10H18O3/c1-9(2,13)7-4-5-10(7,3)8(12)6-11/h4-5,7-8,11-13H,6H2,1-3H3/t7-,8+,10-/m0/s1. The maximum atomic E-state index is 9.77. The van der Waals surface area contributed by atoms with Gasteiger partial charge in [-0.25, -0.2) is 0 Å². The minimum atomic E-state index is -0.848. The van der Waals surface area contributed by atoms with Gasteiger partial charge >= 0.3 is 0 Å². The van der Waals surface area contributed by atoms with Gasteiger partial charge in [0.25, 0.3) is 0 Å². The summed E-state index contributed by atoms with van der Waals surface area (Å²) in [6, 6.07) is 0. The van der Waals surface area contributed by atoms with Crippen LogP contribution in [0, 0.1) is 11.3 Å². The molecule has 0 aromatic heterocycles. The molecule has 0 saturated carbocycles. The Balaban J connectivity index is 2.80. The van der Waals surface area contributed by atoms with Gasteiger partial charge in [-0.1, -0.05) is 19.1 Å². The van der Waals surface area contributed by atoms with E-state index in [-0.39, 0.29) is 12.5 Å². The Kier molecular flexibility index (Phi) is 2.54. The highest BCUT2D eigenvalue weighted by atomic mass is 16.3. The molecule has 0 saturated heterocycles. The molecular formula is C10H18O3. The van der Waals surface area contributed by atoms with Gasteiger partial charge in [0, 0.05) is 11.3 Å². The van der Waals surface area contributed by atoms with Crippen molar-refractivity contribution in [2.24, 2.45) is 11.3 Å². The van der Waals surface area contributed by atoms with Crippen molar-refractivity contribution in [2.45, 2.75) is 32.5 Å². The first kappa shape index (κ1) is 10.7. The van der Waals surface area contributed by atoms with Crippen LogP contribution in [0.25, 0.3) is 0 Å². The van der Waals surface area contributed by atoms with Crippen molar-refractivity contribution in [3.8, 4) is 0 Å². The fourth-order valence-electron chi connectivity index (χ4n) is 2.01. The van der Waals surface area contributed by atoms with Gasteiger partial charge in [-0.2, -0.15) is 0 Å². The first-order chi connectivity index (χ1) is 5.82. The van der Waals surface area contributed by atoms with Gasteiger partial charge in [0.2, 0.25) is 0 Å².